The molecule has 8 nitrogen and oxygen atoms in total. The number of ether oxygens (including phenoxy) is 1. The van der Waals surface area contributed by atoms with Crippen LogP contribution in [0, 0.1) is 0 Å². The molecule has 1 aliphatic rings. The molecular weight excluding hydrogens is 426 g/mol. The molecule has 0 spiro atoms. The van der Waals surface area contributed by atoms with Gasteiger partial charge in [-0.25, -0.2) is 9.97 Å². The lowest BCUT2D eigenvalue weighted by atomic mass is 9.88. The molecule has 0 unspecified atom stereocenters. The monoisotopic (exact) mass is 457 g/mol. The topological polar surface area (TPSA) is 80.1 Å². The Hall–Kier alpha value is -3.65. The fraction of sp³-hybridized carbons (Fsp3) is 0.346. The molecule has 3 heterocycles. The highest BCUT2D eigenvalue weighted by molar-refractivity contribution is 5.84. The van der Waals surface area contributed by atoms with E-state index in [-0.39, 0.29) is 0 Å². The molecule has 4 aromatic rings. The van der Waals surface area contributed by atoms with E-state index >= 15 is 0 Å². The Labute approximate surface area is 200 Å². The van der Waals surface area contributed by atoms with Crippen molar-refractivity contribution in [1.29, 1.82) is 0 Å². The standard InChI is InChI=1S/C26H31N7O/c1-27-22-13-23(25(34-4)12-20(22)17-7-9-32(2)10-8-17)31-26-14-21(28-16-29-26)18-5-6-24-19(11-18)15-30-33(24)3/h5-6,11-17,27H,7-10H2,1-4H3,(H,28,29,31). The molecule has 0 radical (unpaired) electrons. The molecule has 2 aromatic carbocycles. The van der Waals surface area contributed by atoms with E-state index < -0.39 is 0 Å². The number of aromatic nitrogens is 4. The van der Waals surface area contributed by atoms with Crippen LogP contribution in [0.5, 0.6) is 5.75 Å². The summed E-state index contributed by atoms with van der Waals surface area (Å²) in [6.45, 7) is 2.23. The fourth-order valence-electron chi connectivity index (χ4n) is 4.78. The summed E-state index contributed by atoms with van der Waals surface area (Å²) in [5.41, 5.74) is 6.26. The zero-order valence-corrected chi connectivity index (χ0v) is 20.2. The molecule has 2 N–H and O–H groups in total. The van der Waals surface area contributed by atoms with E-state index in [0.29, 0.717) is 11.7 Å². The highest BCUT2D eigenvalue weighted by atomic mass is 16.5. The molecule has 176 valence electrons. The van der Waals surface area contributed by atoms with Crippen molar-refractivity contribution >= 4 is 28.1 Å². The van der Waals surface area contributed by atoms with E-state index in [1.807, 2.05) is 31.0 Å². The minimum atomic E-state index is 0.523. The van der Waals surface area contributed by atoms with Gasteiger partial charge in [0, 0.05) is 36.8 Å². The minimum absolute atomic E-state index is 0.523. The summed E-state index contributed by atoms with van der Waals surface area (Å²) in [6.07, 6.45) is 5.76. The van der Waals surface area contributed by atoms with Gasteiger partial charge in [-0.05, 0) is 68.7 Å². The summed E-state index contributed by atoms with van der Waals surface area (Å²) in [6, 6.07) is 12.5. The van der Waals surface area contributed by atoms with Gasteiger partial charge >= 0.3 is 0 Å². The lowest BCUT2D eigenvalue weighted by Gasteiger charge is -2.31. The smallest absolute Gasteiger partial charge is 0.142 e. The molecule has 1 saturated heterocycles. The Bertz CT molecular complexity index is 1310. The molecule has 34 heavy (non-hydrogen) atoms. The number of likely N-dealkylation sites (tertiary alicyclic amines) is 1. The maximum Gasteiger partial charge on any atom is 0.142 e. The third-order valence-corrected chi connectivity index (χ3v) is 6.77. The number of benzene rings is 2. The van der Waals surface area contributed by atoms with E-state index in [1.54, 1.807) is 13.4 Å². The van der Waals surface area contributed by atoms with Gasteiger partial charge in [0.25, 0.3) is 0 Å². The summed E-state index contributed by atoms with van der Waals surface area (Å²) < 4.78 is 7.65. The van der Waals surface area contributed by atoms with E-state index in [0.717, 1.165) is 65.2 Å². The second kappa shape index (κ2) is 9.30. The van der Waals surface area contributed by atoms with Crippen LogP contribution in [-0.4, -0.2) is 58.9 Å². The van der Waals surface area contributed by atoms with Gasteiger partial charge in [-0.15, -0.1) is 0 Å². The van der Waals surface area contributed by atoms with E-state index in [4.69, 9.17) is 4.74 Å². The van der Waals surface area contributed by atoms with Crippen LogP contribution in [0.1, 0.15) is 24.3 Å². The second-order valence-corrected chi connectivity index (χ2v) is 8.92. The van der Waals surface area contributed by atoms with Gasteiger partial charge in [0.2, 0.25) is 0 Å². The van der Waals surface area contributed by atoms with Crippen LogP contribution in [0.15, 0.2) is 48.9 Å². The Morgan fingerprint density at radius 2 is 1.82 bits per heavy atom. The van der Waals surface area contributed by atoms with Crippen molar-refractivity contribution in [2.75, 3.05) is 44.9 Å². The van der Waals surface area contributed by atoms with Crippen molar-refractivity contribution in [3.8, 4) is 17.0 Å². The molecule has 0 atom stereocenters. The second-order valence-electron chi connectivity index (χ2n) is 8.92. The molecule has 0 amide bonds. The lowest BCUT2D eigenvalue weighted by Crippen LogP contribution is -2.29. The van der Waals surface area contributed by atoms with Crippen molar-refractivity contribution in [2.45, 2.75) is 18.8 Å². The van der Waals surface area contributed by atoms with Crippen molar-refractivity contribution in [1.82, 2.24) is 24.6 Å². The summed E-state index contributed by atoms with van der Waals surface area (Å²) in [7, 11) is 7.82. The van der Waals surface area contributed by atoms with Gasteiger partial charge in [-0.2, -0.15) is 5.10 Å². The molecule has 8 heteroatoms. The molecule has 0 bridgehead atoms. The van der Waals surface area contributed by atoms with Crippen molar-refractivity contribution < 1.29 is 4.74 Å². The van der Waals surface area contributed by atoms with Gasteiger partial charge in [0.1, 0.15) is 17.9 Å². The molecule has 0 aliphatic carbocycles. The van der Waals surface area contributed by atoms with Crippen LogP contribution in [0.2, 0.25) is 0 Å². The number of hydrogen-bond donors (Lipinski definition) is 2. The molecule has 2 aromatic heterocycles. The molecular formula is C26H31N7O. The Kier molecular flexibility index (Phi) is 6.06. The van der Waals surface area contributed by atoms with Crippen molar-refractivity contribution in [2.24, 2.45) is 7.05 Å². The first-order valence-electron chi connectivity index (χ1n) is 11.6. The van der Waals surface area contributed by atoms with Crippen LogP contribution in [0.25, 0.3) is 22.2 Å². The maximum absolute atomic E-state index is 5.78. The van der Waals surface area contributed by atoms with E-state index in [1.165, 1.54) is 5.56 Å². The minimum Gasteiger partial charge on any atom is -0.495 e. The number of anilines is 3. The number of aryl methyl sites for hydroxylation is 1. The lowest BCUT2D eigenvalue weighted by molar-refractivity contribution is 0.255. The zero-order valence-electron chi connectivity index (χ0n) is 20.2. The average Bonchev–Trinajstić information content (AvgIpc) is 3.24. The third-order valence-electron chi connectivity index (χ3n) is 6.77. The number of hydrogen-bond acceptors (Lipinski definition) is 7. The number of methoxy groups -OCH3 is 1. The molecule has 1 aliphatic heterocycles. The first-order chi connectivity index (χ1) is 16.6. The predicted octanol–water partition coefficient (Wildman–Crippen LogP) is 4.63. The predicted molar refractivity (Wildman–Crippen MR) is 137 cm³/mol. The third kappa shape index (κ3) is 4.28. The largest absolute Gasteiger partial charge is 0.495 e. The highest BCUT2D eigenvalue weighted by Crippen LogP contribution is 2.40. The van der Waals surface area contributed by atoms with Gasteiger partial charge in [-0.3, -0.25) is 4.68 Å². The Balaban J connectivity index is 1.44. The average molecular weight is 458 g/mol. The first kappa shape index (κ1) is 22.2. The van der Waals surface area contributed by atoms with Crippen molar-refractivity contribution in [3.05, 3.63) is 54.5 Å². The number of fused-ring (bicyclic) bond motifs is 1. The Morgan fingerprint density at radius 1 is 1.00 bits per heavy atom. The highest BCUT2D eigenvalue weighted by Gasteiger charge is 2.23. The zero-order chi connectivity index (χ0) is 23.7. The van der Waals surface area contributed by atoms with Crippen LogP contribution in [0.4, 0.5) is 17.2 Å². The number of piperidine rings is 1. The number of nitrogens with one attached hydrogen (secondary N) is 2. The summed E-state index contributed by atoms with van der Waals surface area (Å²) >= 11 is 0. The fourth-order valence-corrected chi connectivity index (χ4v) is 4.78. The van der Waals surface area contributed by atoms with Crippen LogP contribution >= 0.6 is 0 Å². The molecule has 0 saturated carbocycles. The van der Waals surface area contributed by atoms with Gasteiger partial charge in [0.05, 0.1) is 30.2 Å². The Morgan fingerprint density at radius 3 is 2.59 bits per heavy atom. The van der Waals surface area contributed by atoms with Crippen LogP contribution < -0.4 is 15.4 Å². The number of nitrogens with zero attached hydrogens (tertiary/aromatic N) is 5. The summed E-state index contributed by atoms with van der Waals surface area (Å²) in [4.78, 5) is 11.3. The molecule has 1 fully saturated rings. The van der Waals surface area contributed by atoms with Gasteiger partial charge in [-0.1, -0.05) is 6.07 Å². The quantitative estimate of drug-likeness (QED) is 0.437. The van der Waals surface area contributed by atoms with Gasteiger partial charge in [0.15, 0.2) is 0 Å². The van der Waals surface area contributed by atoms with Crippen molar-refractivity contribution in [3.63, 3.8) is 0 Å². The van der Waals surface area contributed by atoms with E-state index in [2.05, 4.69) is 68.0 Å². The maximum atomic E-state index is 5.78. The van der Waals surface area contributed by atoms with Crippen LogP contribution in [-0.2, 0) is 7.05 Å². The normalized spacial score (nSPS) is 14.9. The SMILES string of the molecule is CNc1cc(Nc2cc(-c3ccc4c(cnn4C)c3)ncn2)c(OC)cc1C1CCN(C)CC1. The van der Waals surface area contributed by atoms with E-state index in [9.17, 15) is 0 Å². The first-order valence-corrected chi connectivity index (χ1v) is 11.6. The number of rotatable bonds is 6. The van der Waals surface area contributed by atoms with Gasteiger partial charge < -0.3 is 20.3 Å². The summed E-state index contributed by atoms with van der Waals surface area (Å²) in [5.74, 6) is 2.04. The summed E-state index contributed by atoms with van der Waals surface area (Å²) in [5, 5.41) is 12.2. The molecule has 5 rings (SSSR count). The van der Waals surface area contributed by atoms with Crippen LogP contribution in [0.3, 0.4) is 0 Å².